The fourth-order valence-electron chi connectivity index (χ4n) is 4.69. The molecule has 166 valence electrons. The first-order valence-electron chi connectivity index (χ1n) is 10.5. The Bertz CT molecular complexity index is 951. The van der Waals surface area contributed by atoms with Crippen molar-refractivity contribution in [3.8, 4) is 0 Å². The Hall–Kier alpha value is -1.55. The Kier molecular flexibility index (Phi) is 5.91. The van der Waals surface area contributed by atoms with Gasteiger partial charge in [-0.25, -0.2) is 17.2 Å². The summed E-state index contributed by atoms with van der Waals surface area (Å²) in [7, 11) is -3.36. The van der Waals surface area contributed by atoms with E-state index in [2.05, 4.69) is 4.90 Å². The van der Waals surface area contributed by atoms with Crippen LogP contribution in [-0.4, -0.2) is 61.2 Å². The zero-order valence-corrected chi connectivity index (χ0v) is 18.2. The van der Waals surface area contributed by atoms with Crippen molar-refractivity contribution in [1.82, 2.24) is 9.21 Å². The largest absolute Gasteiger partial charge is 0.370 e. The quantitative estimate of drug-likeness (QED) is 0.777. The van der Waals surface area contributed by atoms with Crippen molar-refractivity contribution in [2.24, 2.45) is 5.73 Å². The van der Waals surface area contributed by atoms with Crippen molar-refractivity contribution >= 4 is 10.0 Å². The Morgan fingerprint density at radius 1 is 1.23 bits per heavy atom. The summed E-state index contributed by atoms with van der Waals surface area (Å²) < 4.78 is 60.8. The van der Waals surface area contributed by atoms with Crippen molar-refractivity contribution in [3.63, 3.8) is 0 Å². The molecule has 2 N–H and O–H groups in total. The van der Waals surface area contributed by atoms with Crippen LogP contribution in [0.25, 0.3) is 0 Å². The highest BCUT2D eigenvalue weighted by Gasteiger charge is 2.41. The van der Waals surface area contributed by atoms with E-state index in [0.717, 1.165) is 42.3 Å². The maximum Gasteiger partial charge on any atom is 0.237 e. The molecule has 3 aliphatic heterocycles. The average molecular weight is 442 g/mol. The summed E-state index contributed by atoms with van der Waals surface area (Å²) >= 11 is 0. The molecule has 3 atom stereocenters. The van der Waals surface area contributed by atoms with Gasteiger partial charge in [-0.1, -0.05) is 0 Å². The van der Waals surface area contributed by atoms with Gasteiger partial charge in [0.05, 0.1) is 11.9 Å². The van der Waals surface area contributed by atoms with E-state index < -0.39 is 39.1 Å². The van der Waals surface area contributed by atoms with Gasteiger partial charge in [0.2, 0.25) is 10.0 Å². The van der Waals surface area contributed by atoms with Crippen LogP contribution in [0.3, 0.4) is 0 Å². The van der Waals surface area contributed by atoms with Crippen LogP contribution in [0.5, 0.6) is 0 Å². The Labute approximate surface area is 176 Å². The second kappa shape index (κ2) is 8.18. The highest BCUT2D eigenvalue weighted by molar-refractivity contribution is 7.89. The molecule has 0 saturated carbocycles. The van der Waals surface area contributed by atoms with Gasteiger partial charge in [0.25, 0.3) is 0 Å². The lowest BCUT2D eigenvalue weighted by Crippen LogP contribution is -2.49. The van der Waals surface area contributed by atoms with Crippen LogP contribution in [0, 0.1) is 11.6 Å². The molecule has 1 aromatic carbocycles. The molecule has 0 radical (unpaired) electrons. The van der Waals surface area contributed by atoms with Gasteiger partial charge in [-0.15, -0.1) is 0 Å². The fraction of sp³-hybridized carbons (Fsp3) is 0.619. The molecule has 0 aliphatic carbocycles. The Balaban J connectivity index is 1.46. The topological polar surface area (TPSA) is 75.9 Å². The van der Waals surface area contributed by atoms with Gasteiger partial charge in [0.15, 0.2) is 0 Å². The highest BCUT2D eigenvalue weighted by Crippen LogP contribution is 2.36. The number of rotatable bonds is 4. The molecule has 9 heteroatoms. The maximum absolute atomic E-state index is 14.2. The molecule has 3 heterocycles. The van der Waals surface area contributed by atoms with Crippen LogP contribution in [-0.2, 0) is 14.8 Å². The van der Waals surface area contributed by atoms with E-state index in [1.54, 1.807) is 18.2 Å². The van der Waals surface area contributed by atoms with Gasteiger partial charge in [-0.05, 0) is 56.9 Å². The molecular formula is C21H29F2N3O3S. The number of halogens is 2. The molecule has 1 fully saturated rings. The van der Waals surface area contributed by atoms with Crippen molar-refractivity contribution in [3.05, 3.63) is 46.7 Å². The lowest BCUT2D eigenvalue weighted by molar-refractivity contribution is -0.0467. The summed E-state index contributed by atoms with van der Waals surface area (Å²) in [4.78, 5) is 2.21. The van der Waals surface area contributed by atoms with E-state index in [1.165, 1.54) is 0 Å². The van der Waals surface area contributed by atoms with Crippen LogP contribution in [0.2, 0.25) is 0 Å². The predicted molar refractivity (Wildman–Crippen MR) is 110 cm³/mol. The van der Waals surface area contributed by atoms with Crippen molar-refractivity contribution in [1.29, 1.82) is 0 Å². The zero-order valence-electron chi connectivity index (χ0n) is 17.4. The van der Waals surface area contributed by atoms with Gasteiger partial charge in [0.1, 0.15) is 17.7 Å². The molecule has 1 saturated heterocycles. The van der Waals surface area contributed by atoms with Gasteiger partial charge in [-0.2, -0.15) is 0 Å². The average Bonchev–Trinajstić information content (AvgIpc) is 3.14. The highest BCUT2D eigenvalue weighted by atomic mass is 32.2. The first kappa shape index (κ1) is 21.7. The number of nitrogens with zero attached hydrogens (tertiary/aromatic N) is 2. The molecule has 30 heavy (non-hydrogen) atoms. The van der Waals surface area contributed by atoms with E-state index in [1.807, 2.05) is 0 Å². The van der Waals surface area contributed by atoms with Gasteiger partial charge in [0, 0.05) is 43.0 Å². The number of benzene rings is 1. The number of hydrogen-bond acceptors (Lipinski definition) is 5. The third-order valence-corrected chi connectivity index (χ3v) is 8.59. The second-order valence-corrected chi connectivity index (χ2v) is 11.1. The lowest BCUT2D eigenvalue weighted by atomic mass is 9.93. The van der Waals surface area contributed by atoms with Crippen molar-refractivity contribution in [2.75, 3.05) is 26.2 Å². The Morgan fingerprint density at radius 3 is 2.70 bits per heavy atom. The summed E-state index contributed by atoms with van der Waals surface area (Å²) in [6.07, 6.45) is 1.59. The monoisotopic (exact) mass is 441 g/mol. The van der Waals surface area contributed by atoms with Gasteiger partial charge >= 0.3 is 0 Å². The van der Waals surface area contributed by atoms with E-state index >= 15 is 0 Å². The minimum absolute atomic E-state index is 0.00192. The predicted octanol–water partition coefficient (Wildman–Crippen LogP) is 2.53. The summed E-state index contributed by atoms with van der Waals surface area (Å²) in [5.74, 6) is -1.05. The number of hydrogen-bond donors (Lipinski definition) is 1. The normalized spacial score (nSPS) is 28.3. The standard InChI is InChI=1S/C21H29F2N3O3S/c1-13(2)30(27,28)26-7-3-4-14-10-25(11-20(14)26)16-9-19(24)21(29-12-16)17-8-15(22)5-6-18(17)23/h5-6,8,13,16,19,21H,3-4,7,9-12,24H2,1-2H3. The van der Waals surface area contributed by atoms with Gasteiger partial charge in [-0.3, -0.25) is 9.21 Å². The lowest BCUT2D eigenvalue weighted by Gasteiger charge is -2.39. The summed E-state index contributed by atoms with van der Waals surface area (Å²) in [5, 5.41) is -0.466. The third-order valence-electron chi connectivity index (χ3n) is 6.38. The van der Waals surface area contributed by atoms with Crippen LogP contribution >= 0.6 is 0 Å². The molecule has 0 amide bonds. The molecule has 0 spiro atoms. The van der Waals surface area contributed by atoms with E-state index in [9.17, 15) is 17.2 Å². The number of nitrogens with two attached hydrogens (primary N) is 1. The third kappa shape index (κ3) is 3.88. The maximum atomic E-state index is 14.2. The first-order valence-corrected chi connectivity index (χ1v) is 12.0. The van der Waals surface area contributed by atoms with Crippen LogP contribution in [0.15, 0.2) is 29.5 Å². The Morgan fingerprint density at radius 2 is 2.00 bits per heavy atom. The van der Waals surface area contributed by atoms with Crippen LogP contribution in [0.1, 0.15) is 44.8 Å². The van der Waals surface area contributed by atoms with E-state index in [-0.39, 0.29) is 11.6 Å². The molecule has 3 unspecified atom stereocenters. The molecule has 3 aliphatic rings. The first-order chi connectivity index (χ1) is 14.2. The summed E-state index contributed by atoms with van der Waals surface area (Å²) in [5.41, 5.74) is 8.51. The zero-order chi connectivity index (χ0) is 21.6. The summed E-state index contributed by atoms with van der Waals surface area (Å²) in [6.45, 7) is 5.51. The van der Waals surface area contributed by atoms with Gasteiger partial charge < -0.3 is 10.5 Å². The fourth-order valence-corrected chi connectivity index (χ4v) is 6.08. The van der Waals surface area contributed by atoms with Crippen molar-refractivity contribution < 1.29 is 21.9 Å². The van der Waals surface area contributed by atoms with Crippen LogP contribution < -0.4 is 5.73 Å². The molecule has 0 aromatic heterocycles. The molecule has 4 rings (SSSR count). The van der Waals surface area contributed by atoms with Crippen LogP contribution in [0.4, 0.5) is 8.78 Å². The minimum Gasteiger partial charge on any atom is -0.370 e. The molecule has 1 aromatic rings. The molecular weight excluding hydrogens is 412 g/mol. The summed E-state index contributed by atoms with van der Waals surface area (Å²) in [6, 6.07) is 2.84. The molecule has 6 nitrogen and oxygen atoms in total. The number of ether oxygens (including phenoxy) is 1. The minimum atomic E-state index is -3.36. The van der Waals surface area contributed by atoms with E-state index in [0.29, 0.717) is 32.7 Å². The number of sulfonamides is 1. The van der Waals surface area contributed by atoms with E-state index in [4.69, 9.17) is 10.5 Å². The SMILES string of the molecule is CC(C)S(=O)(=O)N1CCCC2=C1CN(C1COC(c3cc(F)ccc3F)C(N)C1)C2. The van der Waals surface area contributed by atoms with Crippen molar-refractivity contribution in [2.45, 2.75) is 56.5 Å². The molecule has 0 bridgehead atoms. The smallest absolute Gasteiger partial charge is 0.237 e. The second-order valence-electron chi connectivity index (χ2n) is 8.70.